The Bertz CT molecular complexity index is 1260. The number of hydrogen-bond acceptors (Lipinski definition) is 4. The molecule has 3 aromatic heterocycles. The summed E-state index contributed by atoms with van der Waals surface area (Å²) in [4.78, 5) is 18.6. The van der Waals surface area contributed by atoms with Gasteiger partial charge in [0, 0.05) is 24.5 Å². The number of aryl methyl sites for hydroxylation is 3. The van der Waals surface area contributed by atoms with E-state index in [1.54, 1.807) is 6.20 Å². The molecule has 0 saturated carbocycles. The number of hydrogen-bond donors (Lipinski definition) is 1. The smallest absolute Gasteiger partial charge is 0.252 e. The first-order valence-electron chi connectivity index (χ1n) is 11.4. The molecule has 0 bridgehead atoms. The summed E-state index contributed by atoms with van der Waals surface area (Å²) in [6, 6.07) is 11.9. The van der Waals surface area contributed by atoms with Crippen LogP contribution < -0.4 is 5.32 Å². The standard InChI is InChI=1S/C26H32N6O/c1-7-32-24-23(18(3)30-32)20(15-21(28-24)19-11-9-17(2)10-12-19)25(33)29-22(26(4,5)6)16-31-14-8-13-27-31/h8-15,22H,7,16H2,1-6H3,(H,29,33)/t22-/m1/s1. The number of nitrogens with zero attached hydrogens (tertiary/aromatic N) is 5. The molecule has 0 saturated heterocycles. The maximum atomic E-state index is 13.7. The van der Waals surface area contributed by atoms with Gasteiger partial charge in [0.25, 0.3) is 5.91 Å². The maximum Gasteiger partial charge on any atom is 0.252 e. The minimum atomic E-state index is -0.157. The van der Waals surface area contributed by atoms with Gasteiger partial charge in [-0.3, -0.25) is 9.48 Å². The van der Waals surface area contributed by atoms with Crippen LogP contribution in [0, 0.1) is 19.3 Å². The van der Waals surface area contributed by atoms with Crippen LogP contribution in [0.3, 0.4) is 0 Å². The summed E-state index contributed by atoms with van der Waals surface area (Å²) in [5, 5.41) is 13.1. The topological polar surface area (TPSA) is 77.6 Å². The fraction of sp³-hybridized carbons (Fsp3) is 0.385. The molecule has 33 heavy (non-hydrogen) atoms. The first kappa shape index (κ1) is 22.7. The molecular weight excluding hydrogens is 412 g/mol. The molecule has 0 aliphatic heterocycles. The first-order chi connectivity index (χ1) is 15.7. The minimum Gasteiger partial charge on any atom is -0.347 e. The normalized spacial score (nSPS) is 12.8. The Morgan fingerprint density at radius 1 is 1.15 bits per heavy atom. The Morgan fingerprint density at radius 3 is 2.48 bits per heavy atom. The van der Waals surface area contributed by atoms with Crippen LogP contribution in [0.15, 0.2) is 48.8 Å². The molecule has 1 atom stereocenters. The number of nitrogens with one attached hydrogen (secondary N) is 1. The zero-order chi connectivity index (χ0) is 23.8. The highest BCUT2D eigenvalue weighted by atomic mass is 16.1. The first-order valence-corrected chi connectivity index (χ1v) is 11.4. The van der Waals surface area contributed by atoms with Gasteiger partial charge in [0.05, 0.1) is 34.9 Å². The van der Waals surface area contributed by atoms with Crippen molar-refractivity contribution in [3.05, 3.63) is 65.6 Å². The van der Waals surface area contributed by atoms with E-state index in [0.717, 1.165) is 28.0 Å². The lowest BCUT2D eigenvalue weighted by atomic mass is 9.86. The zero-order valence-electron chi connectivity index (χ0n) is 20.3. The average Bonchev–Trinajstić information content (AvgIpc) is 3.40. The Kier molecular flexibility index (Phi) is 6.06. The van der Waals surface area contributed by atoms with Crippen molar-refractivity contribution in [2.45, 2.75) is 60.7 Å². The summed E-state index contributed by atoms with van der Waals surface area (Å²) in [6.45, 7) is 13.7. The fourth-order valence-corrected chi connectivity index (χ4v) is 3.99. The molecule has 4 rings (SSSR count). The minimum absolute atomic E-state index is 0.113. The maximum absolute atomic E-state index is 13.7. The van der Waals surface area contributed by atoms with Gasteiger partial charge in [-0.25, -0.2) is 9.67 Å². The van der Waals surface area contributed by atoms with E-state index in [0.29, 0.717) is 18.7 Å². The predicted octanol–water partition coefficient (Wildman–Crippen LogP) is 4.78. The zero-order valence-corrected chi connectivity index (χ0v) is 20.3. The van der Waals surface area contributed by atoms with Crippen LogP contribution >= 0.6 is 0 Å². The Hall–Kier alpha value is -3.48. The van der Waals surface area contributed by atoms with Gasteiger partial charge in [-0.2, -0.15) is 10.2 Å². The van der Waals surface area contributed by atoms with Gasteiger partial charge in [0.1, 0.15) is 0 Å². The van der Waals surface area contributed by atoms with Crippen molar-refractivity contribution in [2.24, 2.45) is 5.41 Å². The van der Waals surface area contributed by atoms with Gasteiger partial charge in [-0.1, -0.05) is 50.6 Å². The lowest BCUT2D eigenvalue weighted by molar-refractivity contribution is 0.0892. The second-order valence-corrected chi connectivity index (χ2v) is 9.64. The summed E-state index contributed by atoms with van der Waals surface area (Å²) < 4.78 is 3.72. The quantitative estimate of drug-likeness (QED) is 0.464. The highest BCUT2D eigenvalue weighted by Crippen LogP contribution is 2.28. The van der Waals surface area contributed by atoms with Gasteiger partial charge >= 0.3 is 0 Å². The number of rotatable bonds is 6. The number of benzene rings is 1. The molecule has 172 valence electrons. The van der Waals surface area contributed by atoms with E-state index in [1.165, 1.54) is 5.56 Å². The summed E-state index contributed by atoms with van der Waals surface area (Å²) in [6.07, 6.45) is 3.67. The third-order valence-electron chi connectivity index (χ3n) is 6.05. The summed E-state index contributed by atoms with van der Waals surface area (Å²) in [5.41, 5.74) is 4.90. The van der Waals surface area contributed by atoms with Crippen LogP contribution in [0.25, 0.3) is 22.3 Å². The number of carbonyl (C=O) groups excluding carboxylic acids is 1. The van der Waals surface area contributed by atoms with Gasteiger partial charge < -0.3 is 5.32 Å². The molecule has 0 fully saturated rings. The van der Waals surface area contributed by atoms with Crippen molar-refractivity contribution in [3.8, 4) is 11.3 Å². The van der Waals surface area contributed by atoms with E-state index < -0.39 is 0 Å². The molecule has 1 aromatic carbocycles. The largest absolute Gasteiger partial charge is 0.347 e. The Labute approximate surface area is 194 Å². The summed E-state index contributed by atoms with van der Waals surface area (Å²) in [5.74, 6) is -0.124. The van der Waals surface area contributed by atoms with Gasteiger partial charge in [-0.05, 0) is 38.3 Å². The number of amides is 1. The molecule has 7 heteroatoms. The second kappa shape index (κ2) is 8.81. The van der Waals surface area contributed by atoms with E-state index in [1.807, 2.05) is 53.7 Å². The fourth-order valence-electron chi connectivity index (χ4n) is 3.99. The van der Waals surface area contributed by atoms with E-state index in [2.05, 4.69) is 55.3 Å². The lowest BCUT2D eigenvalue weighted by Gasteiger charge is -2.31. The van der Waals surface area contributed by atoms with Crippen LogP contribution in [0.2, 0.25) is 0 Å². The van der Waals surface area contributed by atoms with E-state index in [4.69, 9.17) is 4.98 Å². The molecule has 4 aromatic rings. The van der Waals surface area contributed by atoms with Crippen LogP contribution in [-0.2, 0) is 13.1 Å². The molecule has 7 nitrogen and oxygen atoms in total. The molecule has 1 N–H and O–H groups in total. The molecule has 0 radical (unpaired) electrons. The van der Waals surface area contributed by atoms with Crippen molar-refractivity contribution >= 4 is 16.9 Å². The SMILES string of the molecule is CCn1nc(C)c2c(C(=O)N[C@H](Cn3cccn3)C(C)(C)C)cc(-c3ccc(C)cc3)nc21. The van der Waals surface area contributed by atoms with Crippen LogP contribution in [0.4, 0.5) is 0 Å². The third kappa shape index (κ3) is 4.67. The summed E-state index contributed by atoms with van der Waals surface area (Å²) in [7, 11) is 0. The summed E-state index contributed by atoms with van der Waals surface area (Å²) >= 11 is 0. The van der Waals surface area contributed by atoms with Gasteiger partial charge in [0.15, 0.2) is 5.65 Å². The Morgan fingerprint density at radius 2 is 1.88 bits per heavy atom. The highest BCUT2D eigenvalue weighted by Gasteiger charge is 2.29. The molecule has 3 heterocycles. The highest BCUT2D eigenvalue weighted by molar-refractivity contribution is 6.07. The monoisotopic (exact) mass is 444 g/mol. The number of aromatic nitrogens is 5. The van der Waals surface area contributed by atoms with Crippen molar-refractivity contribution in [2.75, 3.05) is 0 Å². The van der Waals surface area contributed by atoms with Crippen LogP contribution in [-0.4, -0.2) is 36.5 Å². The third-order valence-corrected chi connectivity index (χ3v) is 6.05. The average molecular weight is 445 g/mol. The van der Waals surface area contributed by atoms with Crippen molar-refractivity contribution in [1.29, 1.82) is 0 Å². The van der Waals surface area contributed by atoms with Crippen molar-refractivity contribution in [1.82, 2.24) is 29.9 Å². The predicted molar refractivity (Wildman–Crippen MR) is 131 cm³/mol. The Balaban J connectivity index is 1.79. The van der Waals surface area contributed by atoms with Gasteiger partial charge in [0.2, 0.25) is 0 Å². The molecule has 0 spiro atoms. The second-order valence-electron chi connectivity index (χ2n) is 9.64. The number of pyridine rings is 1. The number of carbonyl (C=O) groups is 1. The lowest BCUT2D eigenvalue weighted by Crippen LogP contribution is -2.46. The van der Waals surface area contributed by atoms with Gasteiger partial charge in [-0.15, -0.1) is 0 Å². The number of fused-ring (bicyclic) bond motifs is 1. The molecule has 1 amide bonds. The van der Waals surface area contributed by atoms with Crippen LogP contribution in [0.1, 0.15) is 49.3 Å². The molecular formula is C26H32N6O. The van der Waals surface area contributed by atoms with E-state index >= 15 is 0 Å². The molecule has 0 aliphatic carbocycles. The van der Waals surface area contributed by atoms with E-state index in [9.17, 15) is 4.79 Å². The van der Waals surface area contributed by atoms with Crippen molar-refractivity contribution in [3.63, 3.8) is 0 Å². The molecule has 0 unspecified atom stereocenters. The molecule has 0 aliphatic rings. The van der Waals surface area contributed by atoms with E-state index in [-0.39, 0.29) is 17.4 Å². The van der Waals surface area contributed by atoms with Crippen LogP contribution in [0.5, 0.6) is 0 Å². The van der Waals surface area contributed by atoms with Crippen molar-refractivity contribution < 1.29 is 4.79 Å².